The van der Waals surface area contributed by atoms with Gasteiger partial charge in [0.15, 0.2) is 5.41 Å². The molecule has 3 aliphatic heterocycles. The van der Waals surface area contributed by atoms with Crippen LogP contribution < -0.4 is 4.90 Å². The van der Waals surface area contributed by atoms with Crippen LogP contribution in [-0.4, -0.2) is 54.3 Å². The summed E-state index contributed by atoms with van der Waals surface area (Å²) in [6.07, 6.45) is 4.30. The minimum Gasteiger partial charge on any atom is -0.367 e. The van der Waals surface area contributed by atoms with Crippen molar-refractivity contribution in [2.75, 3.05) is 25.5 Å². The van der Waals surface area contributed by atoms with Gasteiger partial charge in [-0.3, -0.25) is 19.4 Å². The lowest BCUT2D eigenvalue weighted by Crippen LogP contribution is -2.71. The van der Waals surface area contributed by atoms with E-state index in [-0.39, 0.29) is 17.9 Å². The number of imide groups is 2. The fourth-order valence-electron chi connectivity index (χ4n) is 4.79. The molecule has 0 N–H and O–H groups in total. The SMILES string of the molecule is CN1C(=O)N(C)C(=O)C2(Cc3ccccc3N3CCCCCC32)C1=O. The Morgan fingerprint density at radius 1 is 0.960 bits per heavy atom. The van der Waals surface area contributed by atoms with Gasteiger partial charge in [0.25, 0.3) is 0 Å². The van der Waals surface area contributed by atoms with Crippen molar-refractivity contribution < 1.29 is 14.4 Å². The topological polar surface area (TPSA) is 60.9 Å². The van der Waals surface area contributed by atoms with Gasteiger partial charge in [0, 0.05) is 26.3 Å². The number of carbonyl (C=O) groups excluding carboxylic acids is 3. The molecule has 2 fully saturated rings. The second kappa shape index (κ2) is 5.58. The van der Waals surface area contributed by atoms with Gasteiger partial charge in [-0.25, -0.2) is 4.79 Å². The van der Waals surface area contributed by atoms with Crippen molar-refractivity contribution in [3.8, 4) is 0 Å². The molecule has 4 amide bonds. The van der Waals surface area contributed by atoms with Crippen molar-refractivity contribution >= 4 is 23.5 Å². The molecule has 1 spiro atoms. The standard InChI is InChI=1S/C19H23N3O3/c1-20-16(23)19(17(24)21(2)18(20)25)12-13-8-5-6-9-14(13)22-11-7-3-4-10-15(19)22/h5-6,8-9,15H,3-4,7,10-12H2,1-2H3. The van der Waals surface area contributed by atoms with Crippen LogP contribution in [0.2, 0.25) is 0 Å². The van der Waals surface area contributed by atoms with E-state index in [1.165, 1.54) is 14.1 Å². The third-order valence-corrected chi connectivity index (χ3v) is 6.04. The summed E-state index contributed by atoms with van der Waals surface area (Å²) in [4.78, 5) is 43.3. The maximum absolute atomic E-state index is 13.3. The molecule has 25 heavy (non-hydrogen) atoms. The quantitative estimate of drug-likeness (QED) is 0.678. The number of barbiturate groups is 1. The molecular weight excluding hydrogens is 318 g/mol. The summed E-state index contributed by atoms with van der Waals surface area (Å²) in [6, 6.07) is 7.29. The molecule has 6 nitrogen and oxygen atoms in total. The van der Waals surface area contributed by atoms with Crippen molar-refractivity contribution in [2.24, 2.45) is 5.41 Å². The van der Waals surface area contributed by atoms with Crippen molar-refractivity contribution in [1.82, 2.24) is 9.80 Å². The largest absolute Gasteiger partial charge is 0.367 e. The van der Waals surface area contributed by atoms with Crippen molar-refractivity contribution in [2.45, 2.75) is 38.1 Å². The van der Waals surface area contributed by atoms with E-state index in [4.69, 9.17) is 0 Å². The number of amides is 4. The fourth-order valence-corrected chi connectivity index (χ4v) is 4.79. The van der Waals surface area contributed by atoms with Crippen LogP contribution in [0.3, 0.4) is 0 Å². The first-order valence-electron chi connectivity index (χ1n) is 8.93. The third kappa shape index (κ3) is 2.06. The van der Waals surface area contributed by atoms with Crippen LogP contribution in [0.4, 0.5) is 10.5 Å². The monoisotopic (exact) mass is 341 g/mol. The number of fused-ring (bicyclic) bond motifs is 4. The lowest BCUT2D eigenvalue weighted by molar-refractivity contribution is -0.159. The first-order valence-corrected chi connectivity index (χ1v) is 8.93. The van der Waals surface area contributed by atoms with E-state index >= 15 is 0 Å². The highest BCUT2D eigenvalue weighted by Crippen LogP contribution is 2.47. The summed E-state index contributed by atoms with van der Waals surface area (Å²) < 4.78 is 0. The summed E-state index contributed by atoms with van der Waals surface area (Å²) >= 11 is 0. The number of rotatable bonds is 0. The molecule has 0 radical (unpaired) electrons. The highest BCUT2D eigenvalue weighted by Gasteiger charge is 2.62. The number of hydrogen-bond acceptors (Lipinski definition) is 4. The molecule has 0 saturated carbocycles. The number of carbonyl (C=O) groups is 3. The highest BCUT2D eigenvalue weighted by molar-refractivity contribution is 6.20. The molecule has 4 rings (SSSR count). The van der Waals surface area contributed by atoms with Gasteiger partial charge in [0.1, 0.15) is 0 Å². The molecule has 0 aromatic heterocycles. The van der Waals surface area contributed by atoms with Crippen molar-refractivity contribution in [1.29, 1.82) is 0 Å². The smallest absolute Gasteiger partial charge is 0.332 e. The van der Waals surface area contributed by atoms with Crippen LogP contribution in [-0.2, 0) is 16.0 Å². The van der Waals surface area contributed by atoms with E-state index in [0.29, 0.717) is 6.42 Å². The predicted octanol–water partition coefficient (Wildman–Crippen LogP) is 2.03. The Hall–Kier alpha value is -2.37. The zero-order chi connectivity index (χ0) is 17.8. The van der Waals surface area contributed by atoms with E-state index in [1.54, 1.807) is 0 Å². The molecule has 3 heterocycles. The summed E-state index contributed by atoms with van der Waals surface area (Å²) in [7, 11) is 2.97. The molecular formula is C19H23N3O3. The number of hydrogen-bond donors (Lipinski definition) is 0. The van der Waals surface area contributed by atoms with Crippen LogP contribution in [0.5, 0.6) is 0 Å². The summed E-state index contributed by atoms with van der Waals surface area (Å²) in [5, 5.41) is 0. The fraction of sp³-hybridized carbons (Fsp3) is 0.526. The molecule has 1 unspecified atom stereocenters. The number of anilines is 1. The third-order valence-electron chi connectivity index (χ3n) is 6.04. The summed E-state index contributed by atoms with van der Waals surface area (Å²) in [5.41, 5.74) is 0.942. The summed E-state index contributed by atoms with van der Waals surface area (Å²) in [6.45, 7) is 0.839. The second-order valence-electron chi connectivity index (χ2n) is 7.35. The number of para-hydroxylation sites is 1. The molecule has 0 bridgehead atoms. The van der Waals surface area contributed by atoms with E-state index in [1.807, 2.05) is 18.2 Å². The van der Waals surface area contributed by atoms with Gasteiger partial charge < -0.3 is 4.90 Å². The summed E-state index contributed by atoms with van der Waals surface area (Å²) in [5.74, 6) is -0.709. The van der Waals surface area contributed by atoms with E-state index in [2.05, 4.69) is 11.0 Å². The Kier molecular flexibility index (Phi) is 3.60. The number of benzene rings is 1. The number of nitrogens with zero attached hydrogens (tertiary/aromatic N) is 3. The lowest BCUT2D eigenvalue weighted by atomic mass is 9.67. The molecule has 1 aromatic carbocycles. The van der Waals surface area contributed by atoms with E-state index in [9.17, 15) is 14.4 Å². The van der Waals surface area contributed by atoms with Gasteiger partial charge >= 0.3 is 6.03 Å². The molecule has 1 aromatic rings. The van der Waals surface area contributed by atoms with Crippen LogP contribution in [0.1, 0.15) is 31.2 Å². The zero-order valence-corrected chi connectivity index (χ0v) is 14.7. The molecule has 0 aliphatic carbocycles. The zero-order valence-electron chi connectivity index (χ0n) is 14.7. The van der Waals surface area contributed by atoms with Crippen LogP contribution in [0.25, 0.3) is 0 Å². The Morgan fingerprint density at radius 2 is 1.64 bits per heavy atom. The molecule has 132 valence electrons. The van der Waals surface area contributed by atoms with Crippen LogP contribution in [0.15, 0.2) is 24.3 Å². The first-order chi connectivity index (χ1) is 12.0. The Labute approximate surface area is 147 Å². The number of urea groups is 1. The lowest BCUT2D eigenvalue weighted by Gasteiger charge is -2.52. The Balaban J connectivity index is 1.92. The maximum atomic E-state index is 13.3. The molecule has 2 saturated heterocycles. The van der Waals surface area contributed by atoms with Crippen LogP contribution >= 0.6 is 0 Å². The van der Waals surface area contributed by atoms with Gasteiger partial charge in [0.05, 0.1) is 6.04 Å². The van der Waals surface area contributed by atoms with Gasteiger partial charge in [-0.1, -0.05) is 31.0 Å². The predicted molar refractivity (Wildman–Crippen MR) is 93.1 cm³/mol. The molecule has 1 atom stereocenters. The molecule has 6 heteroatoms. The van der Waals surface area contributed by atoms with Gasteiger partial charge in [-0.2, -0.15) is 0 Å². The van der Waals surface area contributed by atoms with Crippen molar-refractivity contribution in [3.05, 3.63) is 29.8 Å². The van der Waals surface area contributed by atoms with Gasteiger partial charge in [0.2, 0.25) is 11.8 Å². The maximum Gasteiger partial charge on any atom is 0.332 e. The van der Waals surface area contributed by atoms with Crippen molar-refractivity contribution in [3.63, 3.8) is 0 Å². The van der Waals surface area contributed by atoms with E-state index in [0.717, 1.165) is 53.3 Å². The normalized spacial score (nSPS) is 25.8. The highest BCUT2D eigenvalue weighted by atomic mass is 16.2. The van der Waals surface area contributed by atoms with E-state index < -0.39 is 11.4 Å². The average molecular weight is 341 g/mol. The van der Waals surface area contributed by atoms with Crippen LogP contribution in [0, 0.1) is 5.41 Å². The van der Waals surface area contributed by atoms with Gasteiger partial charge in [-0.05, 0) is 30.9 Å². The molecule has 3 aliphatic rings. The average Bonchev–Trinajstić information content (AvgIpc) is 2.90. The second-order valence-corrected chi connectivity index (χ2v) is 7.35. The van der Waals surface area contributed by atoms with Gasteiger partial charge in [-0.15, -0.1) is 0 Å². The first kappa shape index (κ1) is 16.1. The minimum atomic E-state index is -1.20. The Bertz CT molecular complexity index is 736. The Morgan fingerprint density at radius 3 is 2.36 bits per heavy atom. The minimum absolute atomic E-state index is 0.192.